The maximum absolute atomic E-state index is 12.5. The predicted molar refractivity (Wildman–Crippen MR) is 81.5 cm³/mol. The molecule has 1 aromatic rings. The van der Waals surface area contributed by atoms with Crippen LogP contribution in [0.25, 0.3) is 0 Å². The molecular weight excluding hydrogens is 381 g/mol. The minimum Gasteiger partial charge on any atom is -0.394 e. The van der Waals surface area contributed by atoms with Gasteiger partial charge in [0.05, 0.1) is 30.9 Å². The van der Waals surface area contributed by atoms with Crippen molar-refractivity contribution in [1.29, 1.82) is 0 Å². The summed E-state index contributed by atoms with van der Waals surface area (Å²) in [5, 5.41) is 9.77. The highest BCUT2D eigenvalue weighted by Crippen LogP contribution is 2.22. The van der Waals surface area contributed by atoms with Crippen molar-refractivity contribution in [3.05, 3.63) is 32.4 Å². The van der Waals surface area contributed by atoms with Crippen molar-refractivity contribution in [1.82, 2.24) is 4.90 Å². The molecule has 2 rings (SSSR count). The number of benzene rings is 1. The van der Waals surface area contributed by atoms with Crippen LogP contribution in [-0.4, -0.2) is 47.8 Å². The van der Waals surface area contributed by atoms with Crippen LogP contribution in [0.1, 0.15) is 17.3 Å². The van der Waals surface area contributed by atoms with Gasteiger partial charge in [0, 0.05) is 15.1 Å². The number of morpholine rings is 1. The highest BCUT2D eigenvalue weighted by molar-refractivity contribution is 14.1. The molecule has 2 unspecified atom stereocenters. The van der Waals surface area contributed by atoms with Crippen molar-refractivity contribution in [3.8, 4) is 0 Å². The topological polar surface area (TPSA) is 49.8 Å². The molecule has 104 valence electrons. The van der Waals surface area contributed by atoms with Crippen LogP contribution in [0.4, 0.5) is 0 Å². The molecule has 1 heterocycles. The highest BCUT2D eigenvalue weighted by Gasteiger charge is 2.30. The van der Waals surface area contributed by atoms with Gasteiger partial charge in [-0.25, -0.2) is 0 Å². The molecule has 1 aliphatic heterocycles. The fourth-order valence-electron chi connectivity index (χ4n) is 2.03. The Bertz CT molecular complexity index is 483. The molecule has 0 spiro atoms. The summed E-state index contributed by atoms with van der Waals surface area (Å²) in [6.07, 6.45) is -0.301. The van der Waals surface area contributed by atoms with E-state index in [4.69, 9.17) is 21.4 Å². The van der Waals surface area contributed by atoms with Crippen LogP contribution in [0.2, 0.25) is 5.02 Å². The number of hydrogen-bond donors (Lipinski definition) is 1. The number of amides is 1. The van der Waals surface area contributed by atoms with Gasteiger partial charge in [-0.1, -0.05) is 11.6 Å². The normalized spacial score (nSPS) is 23.5. The van der Waals surface area contributed by atoms with E-state index in [9.17, 15) is 4.79 Å². The smallest absolute Gasteiger partial charge is 0.255 e. The second-order valence-corrected chi connectivity index (χ2v) is 6.17. The summed E-state index contributed by atoms with van der Waals surface area (Å²) in [6, 6.07) is 5.22. The van der Waals surface area contributed by atoms with Crippen molar-refractivity contribution in [2.45, 2.75) is 19.1 Å². The third-order valence-electron chi connectivity index (χ3n) is 3.13. The average molecular weight is 396 g/mol. The van der Waals surface area contributed by atoms with E-state index in [0.717, 1.165) is 3.57 Å². The Hall–Kier alpha value is -0.370. The Balaban J connectivity index is 2.22. The van der Waals surface area contributed by atoms with E-state index >= 15 is 0 Å². The number of aliphatic hydroxyl groups is 1. The van der Waals surface area contributed by atoms with Gasteiger partial charge < -0.3 is 14.7 Å². The second-order valence-electron chi connectivity index (χ2n) is 4.57. The van der Waals surface area contributed by atoms with Crippen LogP contribution < -0.4 is 0 Å². The van der Waals surface area contributed by atoms with Crippen LogP contribution in [0, 0.1) is 3.57 Å². The maximum Gasteiger partial charge on any atom is 0.255 e. The molecule has 0 radical (unpaired) electrons. The van der Waals surface area contributed by atoms with Crippen LogP contribution in [0.3, 0.4) is 0 Å². The fraction of sp³-hybridized carbons (Fsp3) is 0.462. The van der Waals surface area contributed by atoms with E-state index in [1.165, 1.54) is 0 Å². The molecule has 19 heavy (non-hydrogen) atoms. The third kappa shape index (κ3) is 3.39. The lowest BCUT2D eigenvalue weighted by atomic mass is 10.1. The Kier molecular flexibility index (Phi) is 5.05. The quantitative estimate of drug-likeness (QED) is 0.781. The number of carbonyl (C=O) groups is 1. The lowest BCUT2D eigenvalue weighted by Gasteiger charge is -2.37. The Morgan fingerprint density at radius 1 is 1.63 bits per heavy atom. The van der Waals surface area contributed by atoms with Gasteiger partial charge in [-0.05, 0) is 47.7 Å². The molecule has 0 aliphatic carbocycles. The largest absolute Gasteiger partial charge is 0.394 e. The van der Waals surface area contributed by atoms with Crippen LogP contribution >= 0.6 is 34.2 Å². The van der Waals surface area contributed by atoms with Crippen molar-refractivity contribution in [3.63, 3.8) is 0 Å². The Labute approximate surface area is 130 Å². The minimum atomic E-state index is -0.301. The molecular formula is C13H15ClINO3. The van der Waals surface area contributed by atoms with E-state index in [1.807, 2.05) is 6.92 Å². The van der Waals surface area contributed by atoms with Crippen LogP contribution in [0.15, 0.2) is 18.2 Å². The van der Waals surface area contributed by atoms with Gasteiger partial charge in [0.2, 0.25) is 0 Å². The zero-order valence-electron chi connectivity index (χ0n) is 10.5. The summed E-state index contributed by atoms with van der Waals surface area (Å²) in [5.41, 5.74) is 0.635. The third-order valence-corrected chi connectivity index (χ3v) is 4.26. The van der Waals surface area contributed by atoms with Gasteiger partial charge in [0.15, 0.2) is 0 Å². The summed E-state index contributed by atoms with van der Waals surface area (Å²) in [7, 11) is 0. The fourth-order valence-corrected chi connectivity index (χ4v) is 3.13. The lowest BCUT2D eigenvalue weighted by molar-refractivity contribution is -0.0667. The number of carbonyl (C=O) groups excluding carboxylic acids is 1. The molecule has 0 aromatic heterocycles. The first-order chi connectivity index (χ1) is 9.02. The van der Waals surface area contributed by atoms with Crippen molar-refractivity contribution < 1.29 is 14.6 Å². The first-order valence-electron chi connectivity index (χ1n) is 6.01. The van der Waals surface area contributed by atoms with Crippen LogP contribution in [0.5, 0.6) is 0 Å². The van der Waals surface area contributed by atoms with Gasteiger partial charge in [0.25, 0.3) is 5.91 Å². The lowest BCUT2D eigenvalue weighted by Crippen LogP contribution is -2.52. The van der Waals surface area contributed by atoms with E-state index in [0.29, 0.717) is 23.7 Å². The number of nitrogens with zero attached hydrogens (tertiary/aromatic N) is 1. The molecule has 1 N–H and O–H groups in total. The first-order valence-corrected chi connectivity index (χ1v) is 7.47. The average Bonchev–Trinajstić information content (AvgIpc) is 2.38. The monoisotopic (exact) mass is 395 g/mol. The van der Waals surface area contributed by atoms with Gasteiger partial charge in [-0.15, -0.1) is 0 Å². The molecule has 1 amide bonds. The molecule has 1 aliphatic rings. The summed E-state index contributed by atoms with van der Waals surface area (Å²) < 4.78 is 6.27. The Morgan fingerprint density at radius 3 is 3.00 bits per heavy atom. The molecule has 4 nitrogen and oxygen atoms in total. The number of rotatable bonds is 2. The summed E-state index contributed by atoms with van der Waals surface area (Å²) >= 11 is 8.01. The summed E-state index contributed by atoms with van der Waals surface area (Å²) in [4.78, 5) is 14.3. The van der Waals surface area contributed by atoms with Gasteiger partial charge >= 0.3 is 0 Å². The molecule has 0 saturated carbocycles. The molecule has 1 fully saturated rings. The summed E-state index contributed by atoms with van der Waals surface area (Å²) in [5.74, 6) is -0.0460. The summed E-state index contributed by atoms with van der Waals surface area (Å²) in [6.45, 7) is 2.72. The molecule has 2 atom stereocenters. The first kappa shape index (κ1) is 15.0. The van der Waals surface area contributed by atoms with E-state index < -0.39 is 0 Å². The zero-order valence-corrected chi connectivity index (χ0v) is 13.4. The van der Waals surface area contributed by atoms with Gasteiger partial charge in [0.1, 0.15) is 0 Å². The van der Waals surface area contributed by atoms with Gasteiger partial charge in [-0.2, -0.15) is 0 Å². The number of halogens is 2. The zero-order chi connectivity index (χ0) is 14.0. The van der Waals surface area contributed by atoms with Crippen molar-refractivity contribution in [2.24, 2.45) is 0 Å². The standard InChI is InChI=1S/C13H15ClINO3/c1-8-7-19-10(6-17)5-16(8)13(18)11-3-2-9(14)4-12(11)15/h2-4,8,10,17H,5-7H2,1H3. The van der Waals surface area contributed by atoms with E-state index in [2.05, 4.69) is 22.6 Å². The van der Waals surface area contributed by atoms with Crippen molar-refractivity contribution >= 4 is 40.1 Å². The van der Waals surface area contributed by atoms with Crippen LogP contribution in [-0.2, 0) is 4.74 Å². The highest BCUT2D eigenvalue weighted by atomic mass is 127. The minimum absolute atomic E-state index is 0.00165. The molecule has 1 saturated heterocycles. The maximum atomic E-state index is 12.5. The second kappa shape index (κ2) is 6.39. The van der Waals surface area contributed by atoms with Gasteiger partial charge in [-0.3, -0.25) is 4.79 Å². The number of ether oxygens (including phenoxy) is 1. The predicted octanol–water partition coefficient (Wildman–Crippen LogP) is 2.17. The Morgan fingerprint density at radius 2 is 2.37 bits per heavy atom. The van der Waals surface area contributed by atoms with E-state index in [1.54, 1.807) is 23.1 Å². The number of aliphatic hydroxyl groups excluding tert-OH is 1. The SMILES string of the molecule is CC1COC(CO)CN1C(=O)c1ccc(Cl)cc1I. The molecule has 0 bridgehead atoms. The number of hydrogen-bond acceptors (Lipinski definition) is 3. The molecule has 1 aromatic carbocycles. The molecule has 6 heteroatoms. The van der Waals surface area contributed by atoms with E-state index in [-0.39, 0.29) is 24.7 Å². The van der Waals surface area contributed by atoms with Crippen molar-refractivity contribution in [2.75, 3.05) is 19.8 Å².